The quantitative estimate of drug-likeness (QED) is 0.865. The van der Waals surface area contributed by atoms with Gasteiger partial charge in [0.15, 0.2) is 0 Å². The molecule has 0 aliphatic carbocycles. The maximum Gasteiger partial charge on any atom is 0.306 e. The molecule has 3 atom stereocenters. The molecular formula is C13H17ClO4. The van der Waals surface area contributed by atoms with Crippen LogP contribution in [0.15, 0.2) is 18.2 Å². The minimum Gasteiger partial charge on any atom is -0.496 e. The SMILES string of the molecule is COc1cccc(Cl)c1C(O)C(C)C(C)C(=O)O. The van der Waals surface area contributed by atoms with Crippen LogP contribution in [0.4, 0.5) is 0 Å². The molecule has 18 heavy (non-hydrogen) atoms. The number of hydrogen-bond acceptors (Lipinski definition) is 3. The number of rotatable bonds is 5. The number of halogens is 1. The number of hydrogen-bond donors (Lipinski definition) is 2. The molecule has 4 nitrogen and oxygen atoms in total. The van der Waals surface area contributed by atoms with Crippen LogP contribution in [-0.4, -0.2) is 23.3 Å². The van der Waals surface area contributed by atoms with E-state index in [0.717, 1.165) is 0 Å². The third-order valence-electron chi connectivity index (χ3n) is 3.20. The Morgan fingerprint density at radius 3 is 2.50 bits per heavy atom. The van der Waals surface area contributed by atoms with Crippen molar-refractivity contribution in [1.29, 1.82) is 0 Å². The van der Waals surface area contributed by atoms with E-state index < -0.39 is 23.9 Å². The largest absolute Gasteiger partial charge is 0.496 e. The van der Waals surface area contributed by atoms with E-state index in [1.165, 1.54) is 7.11 Å². The van der Waals surface area contributed by atoms with Crippen molar-refractivity contribution in [3.63, 3.8) is 0 Å². The van der Waals surface area contributed by atoms with Crippen LogP contribution in [0.5, 0.6) is 5.75 Å². The van der Waals surface area contributed by atoms with Gasteiger partial charge < -0.3 is 14.9 Å². The fourth-order valence-electron chi connectivity index (χ4n) is 1.74. The van der Waals surface area contributed by atoms with Gasteiger partial charge in [-0.3, -0.25) is 4.79 Å². The van der Waals surface area contributed by atoms with Gasteiger partial charge in [0, 0.05) is 5.56 Å². The van der Waals surface area contributed by atoms with Crippen LogP contribution in [0.1, 0.15) is 25.5 Å². The Hall–Kier alpha value is -1.26. The number of methoxy groups -OCH3 is 1. The van der Waals surface area contributed by atoms with Crippen molar-refractivity contribution < 1.29 is 19.7 Å². The summed E-state index contributed by atoms with van der Waals surface area (Å²) in [4.78, 5) is 10.9. The summed E-state index contributed by atoms with van der Waals surface area (Å²) in [5.74, 6) is -1.65. The molecule has 0 amide bonds. The molecule has 0 aliphatic heterocycles. The van der Waals surface area contributed by atoms with Crippen molar-refractivity contribution in [2.24, 2.45) is 11.8 Å². The van der Waals surface area contributed by atoms with E-state index in [2.05, 4.69) is 0 Å². The van der Waals surface area contributed by atoms with Crippen LogP contribution >= 0.6 is 11.6 Å². The van der Waals surface area contributed by atoms with Crippen molar-refractivity contribution in [2.75, 3.05) is 7.11 Å². The number of carboxylic acids is 1. The molecule has 0 saturated carbocycles. The summed E-state index contributed by atoms with van der Waals surface area (Å²) in [5.41, 5.74) is 0.433. The third-order valence-corrected chi connectivity index (χ3v) is 3.53. The average Bonchev–Trinajstić information content (AvgIpc) is 2.35. The molecule has 1 rings (SSSR count). The second kappa shape index (κ2) is 6.07. The molecule has 0 saturated heterocycles. The summed E-state index contributed by atoms with van der Waals surface area (Å²) in [6, 6.07) is 5.03. The molecule has 0 spiro atoms. The zero-order valence-electron chi connectivity index (χ0n) is 10.6. The zero-order valence-corrected chi connectivity index (χ0v) is 11.3. The summed E-state index contributed by atoms with van der Waals surface area (Å²) in [6.45, 7) is 3.23. The topological polar surface area (TPSA) is 66.8 Å². The molecule has 0 bridgehead atoms. The van der Waals surface area contributed by atoms with Crippen molar-refractivity contribution in [3.8, 4) is 5.75 Å². The van der Waals surface area contributed by atoms with Gasteiger partial charge in [-0.1, -0.05) is 31.5 Å². The molecule has 0 heterocycles. The lowest BCUT2D eigenvalue weighted by molar-refractivity contribution is -0.144. The standard InChI is InChI=1S/C13H17ClO4/c1-7(8(2)13(16)17)12(15)11-9(14)5-4-6-10(11)18-3/h4-8,12,15H,1-3H3,(H,16,17). The number of aliphatic hydroxyl groups excluding tert-OH is 1. The van der Waals surface area contributed by atoms with Gasteiger partial charge in [-0.15, -0.1) is 0 Å². The Labute approximate surface area is 111 Å². The Bertz CT molecular complexity index is 433. The first-order chi connectivity index (χ1) is 8.40. The van der Waals surface area contributed by atoms with E-state index >= 15 is 0 Å². The Balaban J connectivity index is 3.10. The minimum absolute atomic E-state index is 0.367. The molecular weight excluding hydrogens is 256 g/mol. The number of aliphatic hydroxyl groups is 1. The second-order valence-corrected chi connectivity index (χ2v) is 4.69. The lowest BCUT2D eigenvalue weighted by Gasteiger charge is -2.24. The molecule has 0 fully saturated rings. The van der Waals surface area contributed by atoms with Gasteiger partial charge in [0.05, 0.1) is 24.2 Å². The van der Waals surface area contributed by atoms with Crippen LogP contribution in [-0.2, 0) is 4.79 Å². The first kappa shape index (κ1) is 14.8. The maximum absolute atomic E-state index is 10.9. The number of carboxylic acid groups (broad SMARTS) is 1. The molecule has 0 aliphatic rings. The van der Waals surface area contributed by atoms with E-state index in [-0.39, 0.29) is 0 Å². The second-order valence-electron chi connectivity index (χ2n) is 4.29. The summed E-state index contributed by atoms with van der Waals surface area (Å²) in [5, 5.41) is 19.6. The van der Waals surface area contributed by atoms with E-state index in [0.29, 0.717) is 16.3 Å². The van der Waals surface area contributed by atoms with Gasteiger partial charge in [-0.05, 0) is 18.1 Å². The summed E-state index contributed by atoms with van der Waals surface area (Å²) in [6.07, 6.45) is -0.986. The predicted octanol–water partition coefficient (Wildman–Crippen LogP) is 2.74. The highest BCUT2D eigenvalue weighted by molar-refractivity contribution is 6.31. The van der Waals surface area contributed by atoms with Gasteiger partial charge in [0.2, 0.25) is 0 Å². The minimum atomic E-state index is -0.986. The molecule has 3 unspecified atom stereocenters. The van der Waals surface area contributed by atoms with Gasteiger partial charge >= 0.3 is 5.97 Å². The summed E-state index contributed by atoms with van der Waals surface area (Å²) in [7, 11) is 1.48. The Kier molecular flexibility index (Phi) is 4.99. The first-order valence-corrected chi connectivity index (χ1v) is 6.01. The molecule has 0 radical (unpaired) electrons. The molecule has 0 aromatic heterocycles. The van der Waals surface area contributed by atoms with Crippen molar-refractivity contribution in [3.05, 3.63) is 28.8 Å². The van der Waals surface area contributed by atoms with Gasteiger partial charge in [0.25, 0.3) is 0 Å². The zero-order chi connectivity index (χ0) is 13.9. The number of benzene rings is 1. The average molecular weight is 273 g/mol. The van der Waals surface area contributed by atoms with E-state index in [9.17, 15) is 9.90 Å². The monoisotopic (exact) mass is 272 g/mol. The van der Waals surface area contributed by atoms with Crippen LogP contribution in [0.25, 0.3) is 0 Å². The molecule has 2 N–H and O–H groups in total. The maximum atomic E-state index is 10.9. The molecule has 1 aromatic carbocycles. The van der Waals surface area contributed by atoms with Gasteiger partial charge in [0.1, 0.15) is 5.75 Å². The lowest BCUT2D eigenvalue weighted by Crippen LogP contribution is -2.24. The highest BCUT2D eigenvalue weighted by Gasteiger charge is 2.30. The molecule has 5 heteroatoms. The van der Waals surface area contributed by atoms with Crippen molar-refractivity contribution in [2.45, 2.75) is 20.0 Å². The Morgan fingerprint density at radius 2 is 2.00 bits per heavy atom. The van der Waals surface area contributed by atoms with Crippen molar-refractivity contribution in [1.82, 2.24) is 0 Å². The summed E-state index contributed by atoms with van der Waals surface area (Å²) < 4.78 is 5.15. The van der Waals surface area contributed by atoms with E-state index in [1.54, 1.807) is 32.0 Å². The number of carbonyl (C=O) groups is 1. The van der Waals surface area contributed by atoms with Crippen molar-refractivity contribution >= 4 is 17.6 Å². The Morgan fingerprint density at radius 1 is 1.39 bits per heavy atom. The number of ether oxygens (including phenoxy) is 1. The summed E-state index contributed by atoms with van der Waals surface area (Å²) >= 11 is 6.04. The van der Waals surface area contributed by atoms with Crippen LogP contribution in [0.3, 0.4) is 0 Å². The number of aliphatic carboxylic acids is 1. The van der Waals surface area contributed by atoms with Crippen LogP contribution < -0.4 is 4.74 Å². The first-order valence-electron chi connectivity index (χ1n) is 5.63. The normalized spacial score (nSPS) is 15.8. The van der Waals surface area contributed by atoms with E-state index in [1.807, 2.05) is 0 Å². The van der Waals surface area contributed by atoms with Crippen LogP contribution in [0.2, 0.25) is 5.02 Å². The van der Waals surface area contributed by atoms with Gasteiger partial charge in [-0.2, -0.15) is 0 Å². The van der Waals surface area contributed by atoms with Gasteiger partial charge in [-0.25, -0.2) is 0 Å². The van der Waals surface area contributed by atoms with Crippen LogP contribution in [0, 0.1) is 11.8 Å². The fourth-order valence-corrected chi connectivity index (χ4v) is 2.02. The smallest absolute Gasteiger partial charge is 0.306 e. The third kappa shape index (κ3) is 2.94. The highest BCUT2D eigenvalue weighted by Crippen LogP contribution is 2.38. The highest BCUT2D eigenvalue weighted by atomic mass is 35.5. The fraction of sp³-hybridized carbons (Fsp3) is 0.462. The predicted molar refractivity (Wildman–Crippen MR) is 68.9 cm³/mol. The lowest BCUT2D eigenvalue weighted by atomic mass is 9.86. The van der Waals surface area contributed by atoms with E-state index in [4.69, 9.17) is 21.4 Å². The molecule has 100 valence electrons. The molecule has 1 aromatic rings.